The van der Waals surface area contributed by atoms with Crippen LogP contribution < -0.4 is 5.73 Å². The van der Waals surface area contributed by atoms with Crippen molar-refractivity contribution < 1.29 is 0 Å². The second-order valence-corrected chi connectivity index (χ2v) is 7.11. The zero-order chi connectivity index (χ0) is 12.0. The summed E-state index contributed by atoms with van der Waals surface area (Å²) in [5.41, 5.74) is 6.45. The maximum Gasteiger partial charge on any atom is 0.0273 e. The molecule has 1 saturated heterocycles. The fraction of sp³-hybridized carbons (Fsp3) is 1.00. The molecular formula is C15H28N2. The molecule has 3 rings (SSSR count). The van der Waals surface area contributed by atoms with Gasteiger partial charge in [-0.3, -0.25) is 4.90 Å². The zero-order valence-electron chi connectivity index (χ0n) is 11.4. The summed E-state index contributed by atoms with van der Waals surface area (Å²) in [5.74, 6) is 3.65. The Morgan fingerprint density at radius 1 is 1.00 bits per heavy atom. The molecular weight excluding hydrogens is 208 g/mol. The van der Waals surface area contributed by atoms with E-state index in [1.165, 1.54) is 45.2 Å². The first-order chi connectivity index (χ1) is 8.15. The Hall–Kier alpha value is -0.0800. The van der Waals surface area contributed by atoms with Crippen LogP contribution in [-0.2, 0) is 0 Å². The van der Waals surface area contributed by atoms with Crippen molar-refractivity contribution in [3.05, 3.63) is 0 Å². The molecule has 3 fully saturated rings. The van der Waals surface area contributed by atoms with Gasteiger partial charge in [0.1, 0.15) is 0 Å². The minimum absolute atomic E-state index is 0.424. The van der Waals surface area contributed by atoms with Gasteiger partial charge in [-0.05, 0) is 49.4 Å². The summed E-state index contributed by atoms with van der Waals surface area (Å²) in [4.78, 5) is 2.76. The normalized spacial score (nSPS) is 51.7. The van der Waals surface area contributed by atoms with Crippen LogP contribution in [0.25, 0.3) is 0 Å². The van der Waals surface area contributed by atoms with Crippen molar-refractivity contribution in [3.63, 3.8) is 0 Å². The predicted molar refractivity (Wildman–Crippen MR) is 71.7 cm³/mol. The van der Waals surface area contributed by atoms with E-state index in [-0.39, 0.29) is 0 Å². The first-order valence-corrected chi connectivity index (χ1v) is 7.64. The van der Waals surface area contributed by atoms with E-state index in [2.05, 4.69) is 18.7 Å². The van der Waals surface area contributed by atoms with E-state index in [1.807, 2.05) is 0 Å². The molecule has 98 valence electrons. The van der Waals surface area contributed by atoms with Gasteiger partial charge in [0.25, 0.3) is 0 Å². The van der Waals surface area contributed by atoms with Gasteiger partial charge in [-0.15, -0.1) is 0 Å². The molecule has 2 nitrogen and oxygen atoms in total. The van der Waals surface area contributed by atoms with Crippen LogP contribution in [0, 0.1) is 23.7 Å². The molecule has 2 aliphatic carbocycles. The highest BCUT2D eigenvalue weighted by atomic mass is 15.2. The van der Waals surface area contributed by atoms with Crippen molar-refractivity contribution in [2.75, 3.05) is 13.1 Å². The molecule has 2 saturated carbocycles. The molecule has 2 N–H and O–H groups in total. The monoisotopic (exact) mass is 236 g/mol. The summed E-state index contributed by atoms with van der Waals surface area (Å²) in [6.07, 6.45) is 7.05. The molecule has 0 radical (unpaired) electrons. The number of hydrogen-bond donors (Lipinski definition) is 1. The molecule has 3 aliphatic rings. The molecule has 2 heteroatoms. The van der Waals surface area contributed by atoms with Crippen molar-refractivity contribution in [2.24, 2.45) is 29.4 Å². The minimum atomic E-state index is 0.424. The Balaban J connectivity index is 1.67. The van der Waals surface area contributed by atoms with Crippen molar-refractivity contribution in [1.82, 2.24) is 4.90 Å². The van der Waals surface area contributed by atoms with Crippen LogP contribution in [0.15, 0.2) is 0 Å². The summed E-state index contributed by atoms with van der Waals surface area (Å²) >= 11 is 0. The van der Waals surface area contributed by atoms with Gasteiger partial charge in [0.15, 0.2) is 0 Å². The van der Waals surface area contributed by atoms with Crippen molar-refractivity contribution >= 4 is 0 Å². The highest BCUT2D eigenvalue weighted by Crippen LogP contribution is 2.41. The summed E-state index contributed by atoms with van der Waals surface area (Å²) in [7, 11) is 0. The van der Waals surface area contributed by atoms with Crippen LogP contribution in [0.3, 0.4) is 0 Å². The molecule has 17 heavy (non-hydrogen) atoms. The van der Waals surface area contributed by atoms with Crippen LogP contribution >= 0.6 is 0 Å². The van der Waals surface area contributed by atoms with Gasteiger partial charge in [0.2, 0.25) is 0 Å². The summed E-state index contributed by atoms with van der Waals surface area (Å²) in [6.45, 7) is 7.49. The molecule has 1 heterocycles. The number of fused-ring (bicyclic) bond motifs is 1. The number of nitrogens with two attached hydrogens (primary N) is 1. The average molecular weight is 236 g/mol. The van der Waals surface area contributed by atoms with Crippen LogP contribution in [0.1, 0.15) is 46.0 Å². The Labute approximate surface area is 106 Å². The van der Waals surface area contributed by atoms with E-state index < -0.39 is 0 Å². The van der Waals surface area contributed by atoms with E-state index in [9.17, 15) is 0 Å². The third kappa shape index (κ3) is 2.15. The lowest BCUT2D eigenvalue weighted by Gasteiger charge is -2.43. The fourth-order valence-corrected chi connectivity index (χ4v) is 5.04. The quantitative estimate of drug-likeness (QED) is 0.758. The number of likely N-dealkylation sites (tertiary alicyclic amines) is 1. The minimum Gasteiger partial charge on any atom is -0.326 e. The predicted octanol–water partition coefficient (Wildman–Crippen LogP) is 2.48. The average Bonchev–Trinajstić information content (AvgIpc) is 2.75. The molecule has 1 aliphatic heterocycles. The van der Waals surface area contributed by atoms with Gasteiger partial charge in [0.05, 0.1) is 0 Å². The molecule has 6 unspecified atom stereocenters. The van der Waals surface area contributed by atoms with Crippen LogP contribution in [0.4, 0.5) is 0 Å². The largest absolute Gasteiger partial charge is 0.326 e. The van der Waals surface area contributed by atoms with E-state index in [1.54, 1.807) is 0 Å². The third-order valence-electron chi connectivity index (χ3n) is 5.65. The van der Waals surface area contributed by atoms with Crippen molar-refractivity contribution in [1.29, 1.82) is 0 Å². The lowest BCUT2D eigenvalue weighted by molar-refractivity contribution is 0.0883. The lowest BCUT2D eigenvalue weighted by atomic mass is 9.76. The Bertz CT molecular complexity index is 254. The van der Waals surface area contributed by atoms with Gasteiger partial charge < -0.3 is 5.73 Å². The summed E-state index contributed by atoms with van der Waals surface area (Å²) in [6, 6.07) is 1.10. The summed E-state index contributed by atoms with van der Waals surface area (Å²) < 4.78 is 0. The van der Waals surface area contributed by atoms with Gasteiger partial charge >= 0.3 is 0 Å². The molecule has 0 spiro atoms. The van der Waals surface area contributed by atoms with E-state index in [0.29, 0.717) is 12.1 Å². The van der Waals surface area contributed by atoms with Gasteiger partial charge in [-0.25, -0.2) is 0 Å². The molecule has 0 amide bonds. The fourth-order valence-electron chi connectivity index (χ4n) is 5.04. The molecule has 6 atom stereocenters. The number of nitrogens with zero attached hydrogens (tertiary/aromatic N) is 1. The maximum absolute atomic E-state index is 6.45. The highest BCUT2D eigenvalue weighted by molar-refractivity contribution is 4.98. The Morgan fingerprint density at radius 2 is 1.65 bits per heavy atom. The topological polar surface area (TPSA) is 29.3 Å². The first kappa shape index (κ1) is 12.0. The Kier molecular flexibility index (Phi) is 3.20. The second-order valence-electron chi connectivity index (χ2n) is 7.11. The lowest BCUT2D eigenvalue weighted by Crippen LogP contribution is -2.54. The van der Waals surface area contributed by atoms with E-state index in [4.69, 9.17) is 5.73 Å². The van der Waals surface area contributed by atoms with Crippen LogP contribution in [-0.4, -0.2) is 30.1 Å². The SMILES string of the molecule is CC1CC(C)C(N2CC3CCCC3C2)C(N)C1. The number of rotatable bonds is 1. The zero-order valence-corrected chi connectivity index (χ0v) is 11.4. The van der Waals surface area contributed by atoms with Gasteiger partial charge in [-0.1, -0.05) is 20.3 Å². The van der Waals surface area contributed by atoms with Gasteiger partial charge in [-0.2, -0.15) is 0 Å². The number of hydrogen-bond acceptors (Lipinski definition) is 2. The smallest absolute Gasteiger partial charge is 0.0273 e. The Morgan fingerprint density at radius 3 is 2.24 bits per heavy atom. The van der Waals surface area contributed by atoms with Crippen LogP contribution in [0.2, 0.25) is 0 Å². The highest BCUT2D eigenvalue weighted by Gasteiger charge is 2.43. The van der Waals surface area contributed by atoms with Gasteiger partial charge in [0, 0.05) is 25.2 Å². The van der Waals surface area contributed by atoms with Crippen molar-refractivity contribution in [3.8, 4) is 0 Å². The van der Waals surface area contributed by atoms with Crippen LogP contribution in [0.5, 0.6) is 0 Å². The standard InChI is InChI=1S/C15H28N2/c1-10-6-11(2)15(14(16)7-10)17-8-12-4-3-5-13(12)9-17/h10-15H,3-9,16H2,1-2H3. The van der Waals surface area contributed by atoms with E-state index in [0.717, 1.165) is 23.7 Å². The first-order valence-electron chi connectivity index (χ1n) is 7.64. The second kappa shape index (κ2) is 4.55. The molecule has 0 aromatic rings. The molecule has 0 aromatic heterocycles. The summed E-state index contributed by atoms with van der Waals surface area (Å²) in [5, 5.41) is 0. The third-order valence-corrected chi connectivity index (χ3v) is 5.65. The van der Waals surface area contributed by atoms with E-state index >= 15 is 0 Å². The molecule has 0 bridgehead atoms. The molecule has 0 aromatic carbocycles. The maximum atomic E-state index is 6.45. The van der Waals surface area contributed by atoms with Crippen molar-refractivity contribution in [2.45, 2.75) is 58.0 Å².